The Morgan fingerprint density at radius 1 is 1.47 bits per heavy atom. The molecule has 0 amide bonds. The van der Waals surface area contributed by atoms with Crippen molar-refractivity contribution in [1.82, 2.24) is 5.32 Å². The normalized spacial score (nSPS) is 10.5. The lowest BCUT2D eigenvalue weighted by molar-refractivity contribution is -0.385. The van der Waals surface area contributed by atoms with E-state index in [1.54, 1.807) is 13.0 Å². The molecule has 0 bridgehead atoms. The molecule has 5 nitrogen and oxygen atoms in total. The van der Waals surface area contributed by atoms with Crippen molar-refractivity contribution in [3.63, 3.8) is 0 Å². The minimum atomic E-state index is -0.364. The quantitative estimate of drug-likeness (QED) is 0.448. The molecule has 1 rings (SSSR count). The molecule has 0 aromatic heterocycles. The zero-order valence-electron chi connectivity index (χ0n) is 10.2. The van der Waals surface area contributed by atoms with Crippen molar-refractivity contribution in [1.29, 1.82) is 0 Å². The number of nitro groups is 1. The Labute approximate surface area is 101 Å². The van der Waals surface area contributed by atoms with Crippen molar-refractivity contribution in [3.05, 3.63) is 39.4 Å². The lowest BCUT2D eigenvalue weighted by Crippen LogP contribution is -2.18. The van der Waals surface area contributed by atoms with Crippen molar-refractivity contribution >= 4 is 5.69 Å². The highest BCUT2D eigenvalue weighted by Crippen LogP contribution is 2.21. The fourth-order valence-electron chi connectivity index (χ4n) is 1.53. The van der Waals surface area contributed by atoms with Gasteiger partial charge in [-0.3, -0.25) is 10.1 Å². The van der Waals surface area contributed by atoms with Gasteiger partial charge < -0.3 is 10.1 Å². The largest absolute Gasteiger partial charge is 0.375 e. The molecule has 0 fully saturated rings. The highest BCUT2D eigenvalue weighted by molar-refractivity contribution is 5.44. The van der Waals surface area contributed by atoms with Crippen molar-refractivity contribution in [3.8, 4) is 0 Å². The minimum Gasteiger partial charge on any atom is -0.375 e. The average molecular weight is 238 g/mol. The molecule has 0 aliphatic heterocycles. The summed E-state index contributed by atoms with van der Waals surface area (Å²) >= 11 is 0. The molecule has 17 heavy (non-hydrogen) atoms. The number of rotatable bonds is 7. The van der Waals surface area contributed by atoms with Gasteiger partial charge in [-0.2, -0.15) is 0 Å². The standard InChI is InChI=1S/C12H18N2O3/c1-3-13-7-8-17-9-11-5-4-6-12(10(11)2)14(15)16/h4-6,13H,3,7-9H2,1-2H3. The van der Waals surface area contributed by atoms with E-state index in [1.807, 2.05) is 13.0 Å². The fourth-order valence-corrected chi connectivity index (χ4v) is 1.53. The number of likely N-dealkylation sites (N-methyl/N-ethyl adjacent to an activating group) is 1. The van der Waals surface area contributed by atoms with E-state index >= 15 is 0 Å². The number of nitro benzene ring substituents is 1. The van der Waals surface area contributed by atoms with Gasteiger partial charge in [-0.1, -0.05) is 19.1 Å². The number of nitrogens with one attached hydrogen (secondary N) is 1. The van der Waals surface area contributed by atoms with Crippen LogP contribution in [-0.2, 0) is 11.3 Å². The van der Waals surface area contributed by atoms with E-state index in [4.69, 9.17) is 4.74 Å². The van der Waals surface area contributed by atoms with Crippen LogP contribution in [0.3, 0.4) is 0 Å². The summed E-state index contributed by atoms with van der Waals surface area (Å²) in [6.07, 6.45) is 0. The van der Waals surface area contributed by atoms with Crippen LogP contribution in [0.5, 0.6) is 0 Å². The lowest BCUT2D eigenvalue weighted by Gasteiger charge is -2.07. The van der Waals surface area contributed by atoms with Gasteiger partial charge >= 0.3 is 0 Å². The summed E-state index contributed by atoms with van der Waals surface area (Å²) in [5.74, 6) is 0. The van der Waals surface area contributed by atoms with Gasteiger partial charge in [0.25, 0.3) is 5.69 Å². The maximum atomic E-state index is 10.7. The van der Waals surface area contributed by atoms with Crippen molar-refractivity contribution in [2.75, 3.05) is 19.7 Å². The molecule has 0 unspecified atom stereocenters. The Kier molecular flexibility index (Phi) is 5.59. The lowest BCUT2D eigenvalue weighted by atomic mass is 10.1. The van der Waals surface area contributed by atoms with Gasteiger partial charge in [0.1, 0.15) is 0 Å². The van der Waals surface area contributed by atoms with Gasteiger partial charge in [0.2, 0.25) is 0 Å². The summed E-state index contributed by atoms with van der Waals surface area (Å²) in [7, 11) is 0. The first-order chi connectivity index (χ1) is 8.16. The Balaban J connectivity index is 2.54. The Morgan fingerprint density at radius 2 is 2.24 bits per heavy atom. The summed E-state index contributed by atoms with van der Waals surface area (Å²) in [4.78, 5) is 10.4. The van der Waals surface area contributed by atoms with Crippen LogP contribution >= 0.6 is 0 Å². The van der Waals surface area contributed by atoms with Crippen LogP contribution < -0.4 is 5.32 Å². The van der Waals surface area contributed by atoms with E-state index < -0.39 is 0 Å². The molecule has 1 aromatic carbocycles. The van der Waals surface area contributed by atoms with Crippen LogP contribution in [0, 0.1) is 17.0 Å². The number of hydrogen-bond donors (Lipinski definition) is 1. The third kappa shape index (κ3) is 4.13. The highest BCUT2D eigenvalue weighted by Gasteiger charge is 2.12. The maximum absolute atomic E-state index is 10.7. The Bertz CT molecular complexity index is 380. The van der Waals surface area contributed by atoms with Gasteiger partial charge in [0.05, 0.1) is 18.1 Å². The SMILES string of the molecule is CCNCCOCc1cccc([N+](=O)[O-])c1C. The topological polar surface area (TPSA) is 64.4 Å². The number of hydrogen-bond acceptors (Lipinski definition) is 4. The second kappa shape index (κ2) is 6.98. The maximum Gasteiger partial charge on any atom is 0.272 e. The molecular formula is C12H18N2O3. The third-order valence-electron chi connectivity index (χ3n) is 2.54. The summed E-state index contributed by atoms with van der Waals surface area (Å²) < 4.78 is 5.45. The molecule has 5 heteroatoms. The zero-order valence-corrected chi connectivity index (χ0v) is 10.2. The van der Waals surface area contributed by atoms with E-state index in [9.17, 15) is 10.1 Å². The Morgan fingerprint density at radius 3 is 2.88 bits per heavy atom. The molecule has 0 aliphatic carbocycles. The van der Waals surface area contributed by atoms with Crippen LogP contribution in [0.2, 0.25) is 0 Å². The van der Waals surface area contributed by atoms with Gasteiger partial charge in [-0.15, -0.1) is 0 Å². The number of benzene rings is 1. The molecule has 0 atom stereocenters. The second-order valence-corrected chi connectivity index (χ2v) is 3.72. The van der Waals surface area contributed by atoms with Crippen molar-refractivity contribution in [2.24, 2.45) is 0 Å². The van der Waals surface area contributed by atoms with Crippen LogP contribution in [0.15, 0.2) is 18.2 Å². The molecule has 0 saturated heterocycles. The summed E-state index contributed by atoms with van der Waals surface area (Å²) in [6.45, 7) is 6.52. The average Bonchev–Trinajstić information content (AvgIpc) is 2.30. The summed E-state index contributed by atoms with van der Waals surface area (Å²) in [5.41, 5.74) is 1.70. The van der Waals surface area contributed by atoms with Crippen LogP contribution in [0.25, 0.3) is 0 Å². The molecule has 1 aromatic rings. The van der Waals surface area contributed by atoms with Crippen molar-refractivity contribution < 1.29 is 9.66 Å². The van der Waals surface area contributed by atoms with E-state index in [-0.39, 0.29) is 10.6 Å². The third-order valence-corrected chi connectivity index (χ3v) is 2.54. The molecule has 1 N–H and O–H groups in total. The van der Waals surface area contributed by atoms with E-state index in [0.29, 0.717) is 18.8 Å². The fraction of sp³-hybridized carbons (Fsp3) is 0.500. The molecule has 94 valence electrons. The summed E-state index contributed by atoms with van der Waals surface area (Å²) in [5, 5.41) is 13.9. The van der Waals surface area contributed by atoms with Gasteiger partial charge in [-0.05, 0) is 19.0 Å². The number of nitrogens with zero attached hydrogens (tertiary/aromatic N) is 1. The first-order valence-corrected chi connectivity index (χ1v) is 5.68. The zero-order chi connectivity index (χ0) is 12.7. The van der Waals surface area contributed by atoms with Gasteiger partial charge in [-0.25, -0.2) is 0 Å². The summed E-state index contributed by atoms with van der Waals surface area (Å²) in [6, 6.07) is 5.06. The predicted molar refractivity (Wildman–Crippen MR) is 66.0 cm³/mol. The van der Waals surface area contributed by atoms with Crippen molar-refractivity contribution in [2.45, 2.75) is 20.5 Å². The van der Waals surface area contributed by atoms with E-state index in [1.165, 1.54) is 6.07 Å². The van der Waals surface area contributed by atoms with Crippen LogP contribution in [-0.4, -0.2) is 24.6 Å². The first-order valence-electron chi connectivity index (χ1n) is 5.68. The molecule has 0 spiro atoms. The van der Waals surface area contributed by atoms with E-state index in [2.05, 4.69) is 5.32 Å². The second-order valence-electron chi connectivity index (χ2n) is 3.72. The minimum absolute atomic E-state index is 0.151. The van der Waals surface area contributed by atoms with Crippen LogP contribution in [0.4, 0.5) is 5.69 Å². The van der Waals surface area contributed by atoms with Gasteiger partial charge in [0.15, 0.2) is 0 Å². The Hall–Kier alpha value is -1.46. The van der Waals surface area contributed by atoms with E-state index in [0.717, 1.165) is 18.7 Å². The highest BCUT2D eigenvalue weighted by atomic mass is 16.6. The van der Waals surface area contributed by atoms with Gasteiger partial charge in [0, 0.05) is 18.2 Å². The molecule has 0 heterocycles. The number of ether oxygens (including phenoxy) is 1. The molecule has 0 saturated carbocycles. The predicted octanol–water partition coefficient (Wildman–Crippen LogP) is 2.03. The molecular weight excluding hydrogens is 220 g/mol. The molecule has 0 radical (unpaired) electrons. The smallest absolute Gasteiger partial charge is 0.272 e. The molecule has 0 aliphatic rings. The first kappa shape index (κ1) is 13.6. The van der Waals surface area contributed by atoms with Crippen LogP contribution in [0.1, 0.15) is 18.1 Å². The monoisotopic (exact) mass is 238 g/mol.